The minimum atomic E-state index is -0.674. The Morgan fingerprint density at radius 3 is 2.79 bits per heavy atom. The summed E-state index contributed by atoms with van der Waals surface area (Å²) in [4.78, 5) is 26.2. The van der Waals surface area contributed by atoms with E-state index in [2.05, 4.69) is 4.98 Å². The van der Waals surface area contributed by atoms with Crippen molar-refractivity contribution in [2.75, 3.05) is 0 Å². The quantitative estimate of drug-likeness (QED) is 0.744. The van der Waals surface area contributed by atoms with Crippen LogP contribution in [0.3, 0.4) is 0 Å². The molecular formula is C17H16ClN3O3. The van der Waals surface area contributed by atoms with Crippen LogP contribution in [0.15, 0.2) is 41.3 Å². The fourth-order valence-corrected chi connectivity index (χ4v) is 2.82. The number of carbonyl (C=O) groups is 1. The van der Waals surface area contributed by atoms with Crippen molar-refractivity contribution in [3.8, 4) is 5.75 Å². The first-order valence-electron chi connectivity index (χ1n) is 7.43. The van der Waals surface area contributed by atoms with E-state index in [1.807, 2.05) is 29.8 Å². The van der Waals surface area contributed by atoms with Gasteiger partial charge >= 0.3 is 0 Å². The van der Waals surface area contributed by atoms with Crippen LogP contribution in [0.5, 0.6) is 5.75 Å². The number of ether oxygens (including phenoxy) is 1. The highest BCUT2D eigenvalue weighted by Gasteiger charge is 2.15. The van der Waals surface area contributed by atoms with Gasteiger partial charge in [-0.3, -0.25) is 9.59 Å². The summed E-state index contributed by atoms with van der Waals surface area (Å²) < 4.78 is 7.61. The van der Waals surface area contributed by atoms with Gasteiger partial charge in [-0.05, 0) is 25.1 Å². The van der Waals surface area contributed by atoms with E-state index in [0.717, 1.165) is 0 Å². The summed E-state index contributed by atoms with van der Waals surface area (Å²) >= 11 is 6.08. The van der Waals surface area contributed by atoms with E-state index in [9.17, 15) is 9.59 Å². The predicted octanol–water partition coefficient (Wildman–Crippen LogP) is 2.68. The molecule has 0 atom stereocenters. The number of aromatic amines is 1. The van der Waals surface area contributed by atoms with Crippen molar-refractivity contribution in [1.82, 2.24) is 9.55 Å². The summed E-state index contributed by atoms with van der Waals surface area (Å²) in [6, 6.07) is 8.72. The summed E-state index contributed by atoms with van der Waals surface area (Å²) in [5.41, 5.74) is 6.34. The number of pyridine rings is 1. The second kappa shape index (κ2) is 6.41. The molecule has 0 radical (unpaired) electrons. The Kier molecular flexibility index (Phi) is 4.31. The number of hydrogen-bond donors (Lipinski definition) is 2. The zero-order valence-electron chi connectivity index (χ0n) is 13.0. The molecule has 1 aromatic carbocycles. The number of carbonyl (C=O) groups excluding carboxylic acids is 1. The molecule has 6 nitrogen and oxygen atoms in total. The van der Waals surface area contributed by atoms with Gasteiger partial charge < -0.3 is 20.0 Å². The number of primary amides is 1. The van der Waals surface area contributed by atoms with E-state index < -0.39 is 5.91 Å². The zero-order chi connectivity index (χ0) is 17.3. The fourth-order valence-electron chi connectivity index (χ4n) is 2.63. The molecule has 0 unspecified atom stereocenters. The molecule has 0 bridgehead atoms. The molecule has 1 amide bonds. The molecule has 2 heterocycles. The number of amides is 1. The van der Waals surface area contributed by atoms with Crippen molar-refractivity contribution in [3.05, 3.63) is 63.2 Å². The van der Waals surface area contributed by atoms with E-state index >= 15 is 0 Å². The van der Waals surface area contributed by atoms with Crippen molar-refractivity contribution in [2.24, 2.45) is 5.73 Å². The molecule has 3 rings (SSSR count). The summed E-state index contributed by atoms with van der Waals surface area (Å²) in [5.74, 6) is -0.131. The lowest BCUT2D eigenvalue weighted by Gasteiger charge is -2.06. The number of aromatic nitrogens is 2. The SMILES string of the molecule is CCn1cc(COc2ccccc2Cl)c2c(=O)[nH]c(C(N)=O)cc21. The van der Waals surface area contributed by atoms with Gasteiger partial charge in [0.15, 0.2) is 0 Å². The minimum Gasteiger partial charge on any atom is -0.487 e. The van der Waals surface area contributed by atoms with Crippen LogP contribution in [0, 0.1) is 0 Å². The van der Waals surface area contributed by atoms with Gasteiger partial charge in [0.2, 0.25) is 0 Å². The maximum Gasteiger partial charge on any atom is 0.265 e. The van der Waals surface area contributed by atoms with Crippen molar-refractivity contribution in [1.29, 1.82) is 0 Å². The van der Waals surface area contributed by atoms with Crippen LogP contribution >= 0.6 is 11.6 Å². The predicted molar refractivity (Wildman–Crippen MR) is 92.5 cm³/mol. The highest BCUT2D eigenvalue weighted by Crippen LogP contribution is 2.26. The smallest absolute Gasteiger partial charge is 0.265 e. The van der Waals surface area contributed by atoms with Crippen LogP contribution in [0.4, 0.5) is 0 Å². The highest BCUT2D eigenvalue weighted by atomic mass is 35.5. The number of nitrogens with one attached hydrogen (secondary N) is 1. The van der Waals surface area contributed by atoms with Gasteiger partial charge in [-0.1, -0.05) is 23.7 Å². The number of hydrogen-bond acceptors (Lipinski definition) is 3. The minimum absolute atomic E-state index is 0.0823. The van der Waals surface area contributed by atoms with Crippen molar-refractivity contribution < 1.29 is 9.53 Å². The molecule has 3 aromatic rings. The lowest BCUT2D eigenvalue weighted by atomic mass is 10.2. The number of para-hydroxylation sites is 1. The Balaban J connectivity index is 2.04. The molecule has 0 spiro atoms. The van der Waals surface area contributed by atoms with Crippen molar-refractivity contribution >= 4 is 28.4 Å². The molecule has 24 heavy (non-hydrogen) atoms. The Hall–Kier alpha value is -2.73. The second-order valence-electron chi connectivity index (χ2n) is 5.30. The summed E-state index contributed by atoms with van der Waals surface area (Å²) in [7, 11) is 0. The van der Waals surface area contributed by atoms with Gasteiger partial charge in [-0.2, -0.15) is 0 Å². The number of rotatable bonds is 5. The third-order valence-electron chi connectivity index (χ3n) is 3.78. The number of halogens is 1. The first-order valence-corrected chi connectivity index (χ1v) is 7.81. The van der Waals surface area contributed by atoms with E-state index in [-0.39, 0.29) is 17.9 Å². The molecule has 3 N–H and O–H groups in total. The number of fused-ring (bicyclic) bond motifs is 1. The third kappa shape index (κ3) is 2.88. The van der Waals surface area contributed by atoms with Crippen molar-refractivity contribution in [3.63, 3.8) is 0 Å². The standard InChI is InChI=1S/C17H16ClN3O3/c1-2-21-8-10(9-24-14-6-4-3-5-11(14)18)15-13(21)7-12(16(19)22)20-17(15)23/h3-8H,2,9H2,1H3,(H2,19,22)(H,20,23). The molecule has 124 valence electrons. The van der Waals surface area contributed by atoms with E-state index in [0.29, 0.717) is 33.8 Å². The highest BCUT2D eigenvalue weighted by molar-refractivity contribution is 6.32. The largest absolute Gasteiger partial charge is 0.487 e. The summed E-state index contributed by atoms with van der Waals surface area (Å²) in [6.45, 7) is 2.78. The first kappa shape index (κ1) is 16.1. The lowest BCUT2D eigenvalue weighted by molar-refractivity contribution is 0.0995. The molecule has 7 heteroatoms. The maximum absolute atomic E-state index is 12.4. The van der Waals surface area contributed by atoms with Crippen LogP contribution in [0.1, 0.15) is 23.0 Å². The van der Waals surface area contributed by atoms with Crippen LogP contribution in [-0.2, 0) is 13.2 Å². The maximum atomic E-state index is 12.4. The Morgan fingerprint density at radius 1 is 1.38 bits per heavy atom. The normalized spacial score (nSPS) is 10.9. The van der Waals surface area contributed by atoms with Gasteiger partial charge in [-0.15, -0.1) is 0 Å². The van der Waals surface area contributed by atoms with Crippen LogP contribution in [0.2, 0.25) is 5.02 Å². The molecule has 0 fully saturated rings. The van der Waals surface area contributed by atoms with Crippen LogP contribution < -0.4 is 16.0 Å². The molecule has 0 saturated heterocycles. The monoisotopic (exact) mass is 345 g/mol. The summed E-state index contributed by atoms with van der Waals surface area (Å²) in [5, 5.41) is 0.982. The van der Waals surface area contributed by atoms with Gasteiger partial charge in [0.05, 0.1) is 15.9 Å². The average molecular weight is 346 g/mol. The topological polar surface area (TPSA) is 90.1 Å². The molecule has 0 aliphatic rings. The van der Waals surface area contributed by atoms with Gasteiger partial charge in [-0.25, -0.2) is 0 Å². The zero-order valence-corrected chi connectivity index (χ0v) is 13.8. The van der Waals surface area contributed by atoms with Crippen molar-refractivity contribution in [2.45, 2.75) is 20.1 Å². The fraction of sp³-hybridized carbons (Fsp3) is 0.176. The second-order valence-corrected chi connectivity index (χ2v) is 5.70. The number of benzene rings is 1. The molecule has 0 aliphatic carbocycles. The molecule has 2 aromatic heterocycles. The third-order valence-corrected chi connectivity index (χ3v) is 4.09. The van der Waals surface area contributed by atoms with Gasteiger partial charge in [0.1, 0.15) is 18.1 Å². The van der Waals surface area contributed by atoms with Gasteiger partial charge in [0, 0.05) is 18.3 Å². The number of H-pyrrole nitrogens is 1. The number of nitrogens with zero attached hydrogens (tertiary/aromatic N) is 1. The Morgan fingerprint density at radius 2 is 2.12 bits per heavy atom. The average Bonchev–Trinajstić information content (AvgIpc) is 2.92. The van der Waals surface area contributed by atoms with Crippen LogP contribution in [-0.4, -0.2) is 15.5 Å². The Bertz CT molecular complexity index is 975. The Labute approximate surface area is 142 Å². The van der Waals surface area contributed by atoms with Crippen LogP contribution in [0.25, 0.3) is 10.9 Å². The molecule has 0 aliphatic heterocycles. The van der Waals surface area contributed by atoms with E-state index in [1.54, 1.807) is 18.2 Å². The molecular weight excluding hydrogens is 330 g/mol. The summed E-state index contributed by atoms with van der Waals surface area (Å²) in [6.07, 6.45) is 1.83. The first-order chi connectivity index (χ1) is 11.5. The van der Waals surface area contributed by atoms with Gasteiger partial charge in [0.25, 0.3) is 11.5 Å². The molecule has 0 saturated carbocycles. The lowest BCUT2D eigenvalue weighted by Crippen LogP contribution is -2.19. The van der Waals surface area contributed by atoms with E-state index in [4.69, 9.17) is 22.1 Å². The number of nitrogens with two attached hydrogens (primary N) is 1. The number of aryl methyl sites for hydroxylation is 1. The van der Waals surface area contributed by atoms with E-state index in [1.165, 1.54) is 0 Å².